The lowest BCUT2D eigenvalue weighted by molar-refractivity contribution is -0.182. The summed E-state index contributed by atoms with van der Waals surface area (Å²) in [6, 6.07) is 6.07. The standard InChI is InChI=1S/C17H23NO2/c1-2-12-20-17(15-7-3-6-11-18-15)10-13-19-16(14-17)8-4-5-9-16/h2-3,6-7,11H,1,4-5,8-10,12-14H2. The third-order valence-electron chi connectivity index (χ3n) is 4.65. The molecule has 20 heavy (non-hydrogen) atoms. The van der Waals surface area contributed by atoms with E-state index in [1.807, 2.05) is 24.4 Å². The minimum absolute atomic E-state index is 0.0109. The normalized spacial score (nSPS) is 28.6. The molecule has 3 nitrogen and oxygen atoms in total. The largest absolute Gasteiger partial charge is 0.375 e. The van der Waals surface area contributed by atoms with E-state index in [4.69, 9.17) is 9.47 Å². The smallest absolute Gasteiger partial charge is 0.115 e. The molecule has 1 aliphatic carbocycles. The van der Waals surface area contributed by atoms with E-state index in [0.717, 1.165) is 38.0 Å². The Kier molecular flexibility index (Phi) is 3.90. The average Bonchev–Trinajstić information content (AvgIpc) is 2.94. The maximum Gasteiger partial charge on any atom is 0.115 e. The minimum atomic E-state index is -0.307. The zero-order valence-corrected chi connectivity index (χ0v) is 12.0. The molecule has 1 saturated heterocycles. The van der Waals surface area contributed by atoms with Gasteiger partial charge < -0.3 is 9.47 Å². The first kappa shape index (κ1) is 13.8. The highest BCUT2D eigenvalue weighted by atomic mass is 16.5. The van der Waals surface area contributed by atoms with E-state index < -0.39 is 0 Å². The Labute approximate surface area is 121 Å². The Hall–Kier alpha value is -1.19. The van der Waals surface area contributed by atoms with Crippen molar-refractivity contribution in [3.05, 3.63) is 42.7 Å². The summed E-state index contributed by atoms with van der Waals surface area (Å²) in [4.78, 5) is 4.57. The van der Waals surface area contributed by atoms with Crippen molar-refractivity contribution >= 4 is 0 Å². The van der Waals surface area contributed by atoms with Gasteiger partial charge in [-0.15, -0.1) is 6.58 Å². The molecule has 3 heteroatoms. The van der Waals surface area contributed by atoms with Crippen LogP contribution >= 0.6 is 0 Å². The topological polar surface area (TPSA) is 31.4 Å². The number of aromatic nitrogens is 1. The van der Waals surface area contributed by atoms with Gasteiger partial charge in [-0.2, -0.15) is 0 Å². The second-order valence-electron chi connectivity index (χ2n) is 5.97. The molecule has 0 aromatic carbocycles. The van der Waals surface area contributed by atoms with Crippen molar-refractivity contribution < 1.29 is 9.47 Å². The third-order valence-corrected chi connectivity index (χ3v) is 4.65. The molecule has 0 N–H and O–H groups in total. The molecule has 108 valence electrons. The van der Waals surface area contributed by atoms with Gasteiger partial charge >= 0.3 is 0 Å². The van der Waals surface area contributed by atoms with Crippen LogP contribution in [0.3, 0.4) is 0 Å². The van der Waals surface area contributed by atoms with E-state index in [-0.39, 0.29) is 11.2 Å². The Morgan fingerprint density at radius 3 is 2.85 bits per heavy atom. The van der Waals surface area contributed by atoms with Crippen molar-refractivity contribution in [1.29, 1.82) is 0 Å². The molecule has 2 aliphatic rings. The molecule has 3 rings (SSSR count). The molecule has 1 unspecified atom stereocenters. The van der Waals surface area contributed by atoms with Gasteiger partial charge in [0.25, 0.3) is 0 Å². The Bertz CT molecular complexity index is 453. The maximum atomic E-state index is 6.23. The zero-order chi connectivity index (χ0) is 13.9. The lowest BCUT2D eigenvalue weighted by atomic mass is 9.78. The molecule has 0 amide bonds. The summed E-state index contributed by atoms with van der Waals surface area (Å²) in [7, 11) is 0. The molecule has 1 aromatic rings. The van der Waals surface area contributed by atoms with Gasteiger partial charge in [-0.3, -0.25) is 4.98 Å². The van der Waals surface area contributed by atoms with Crippen LogP contribution in [-0.2, 0) is 15.1 Å². The number of rotatable bonds is 4. The molecular formula is C17H23NO2. The predicted octanol–water partition coefficient (Wildman–Crippen LogP) is 3.60. The molecule has 1 atom stereocenters. The van der Waals surface area contributed by atoms with Gasteiger partial charge in [-0.1, -0.05) is 25.0 Å². The van der Waals surface area contributed by atoms with Crippen molar-refractivity contribution in [1.82, 2.24) is 4.98 Å². The summed E-state index contributed by atoms with van der Waals surface area (Å²) in [6.07, 6.45) is 10.3. The lowest BCUT2D eigenvalue weighted by Crippen LogP contribution is -2.47. The van der Waals surface area contributed by atoms with E-state index in [9.17, 15) is 0 Å². The van der Waals surface area contributed by atoms with Gasteiger partial charge in [0, 0.05) is 19.0 Å². The fourth-order valence-electron chi connectivity index (χ4n) is 3.70. The van der Waals surface area contributed by atoms with E-state index >= 15 is 0 Å². The Balaban J connectivity index is 1.91. The first-order valence-corrected chi connectivity index (χ1v) is 7.59. The van der Waals surface area contributed by atoms with Crippen molar-refractivity contribution in [2.75, 3.05) is 13.2 Å². The van der Waals surface area contributed by atoms with Crippen LogP contribution < -0.4 is 0 Å². The van der Waals surface area contributed by atoms with Crippen molar-refractivity contribution in [2.24, 2.45) is 0 Å². The van der Waals surface area contributed by atoms with Gasteiger partial charge in [0.15, 0.2) is 0 Å². The van der Waals surface area contributed by atoms with Crippen molar-refractivity contribution in [3.8, 4) is 0 Å². The first-order valence-electron chi connectivity index (χ1n) is 7.59. The van der Waals surface area contributed by atoms with E-state index in [0.29, 0.717) is 6.61 Å². The van der Waals surface area contributed by atoms with Crippen LogP contribution in [-0.4, -0.2) is 23.8 Å². The summed E-state index contributed by atoms with van der Waals surface area (Å²) in [5.74, 6) is 0. The predicted molar refractivity (Wildman–Crippen MR) is 78.4 cm³/mol. The molecule has 1 saturated carbocycles. The highest BCUT2D eigenvalue weighted by molar-refractivity contribution is 5.17. The minimum Gasteiger partial charge on any atom is -0.375 e. The third kappa shape index (κ3) is 2.52. The summed E-state index contributed by atoms with van der Waals surface area (Å²) >= 11 is 0. The molecule has 0 radical (unpaired) electrons. The van der Waals surface area contributed by atoms with Crippen LogP contribution in [0.1, 0.15) is 44.2 Å². The fourth-order valence-corrected chi connectivity index (χ4v) is 3.70. The summed E-state index contributed by atoms with van der Waals surface area (Å²) in [6.45, 7) is 5.10. The van der Waals surface area contributed by atoms with Gasteiger partial charge in [-0.05, 0) is 25.0 Å². The average molecular weight is 273 g/mol. The van der Waals surface area contributed by atoms with Crippen molar-refractivity contribution in [3.63, 3.8) is 0 Å². The van der Waals surface area contributed by atoms with E-state index in [1.165, 1.54) is 12.8 Å². The number of hydrogen-bond acceptors (Lipinski definition) is 3. The van der Waals surface area contributed by atoms with Gasteiger partial charge in [0.2, 0.25) is 0 Å². The molecule has 0 bridgehead atoms. The van der Waals surface area contributed by atoms with Crippen LogP contribution in [0.25, 0.3) is 0 Å². The summed E-state index contributed by atoms with van der Waals surface area (Å²) in [5, 5.41) is 0. The van der Waals surface area contributed by atoms with Crippen LogP contribution in [0, 0.1) is 0 Å². The second kappa shape index (κ2) is 5.66. The zero-order valence-electron chi connectivity index (χ0n) is 12.0. The number of nitrogens with zero attached hydrogens (tertiary/aromatic N) is 1. The maximum absolute atomic E-state index is 6.23. The first-order chi connectivity index (χ1) is 9.79. The van der Waals surface area contributed by atoms with Crippen LogP contribution in [0.5, 0.6) is 0 Å². The monoisotopic (exact) mass is 273 g/mol. The molecular weight excluding hydrogens is 250 g/mol. The summed E-state index contributed by atoms with van der Waals surface area (Å²) < 4.78 is 12.4. The number of pyridine rings is 1. The SMILES string of the molecule is C=CCOC1(c2ccccn2)CCOC2(CCCC2)C1. The lowest BCUT2D eigenvalue weighted by Gasteiger charge is -2.45. The quantitative estimate of drug-likeness (QED) is 0.785. The number of hydrogen-bond donors (Lipinski definition) is 0. The van der Waals surface area contributed by atoms with Crippen molar-refractivity contribution in [2.45, 2.75) is 49.7 Å². The molecule has 2 fully saturated rings. The van der Waals surface area contributed by atoms with Gasteiger partial charge in [0.1, 0.15) is 5.60 Å². The molecule has 2 heterocycles. The molecule has 1 aliphatic heterocycles. The molecule has 1 aromatic heterocycles. The Morgan fingerprint density at radius 2 is 2.15 bits per heavy atom. The van der Waals surface area contributed by atoms with Crippen LogP contribution in [0.4, 0.5) is 0 Å². The molecule has 1 spiro atoms. The Morgan fingerprint density at radius 1 is 1.30 bits per heavy atom. The van der Waals surface area contributed by atoms with E-state index in [1.54, 1.807) is 0 Å². The van der Waals surface area contributed by atoms with E-state index in [2.05, 4.69) is 17.6 Å². The van der Waals surface area contributed by atoms with Gasteiger partial charge in [-0.25, -0.2) is 0 Å². The summed E-state index contributed by atoms with van der Waals surface area (Å²) in [5.41, 5.74) is 0.742. The number of ether oxygens (including phenoxy) is 2. The van der Waals surface area contributed by atoms with Crippen LogP contribution in [0.2, 0.25) is 0 Å². The van der Waals surface area contributed by atoms with Crippen LogP contribution in [0.15, 0.2) is 37.1 Å². The second-order valence-corrected chi connectivity index (χ2v) is 5.97. The highest BCUT2D eigenvalue weighted by Gasteiger charge is 2.49. The fraction of sp³-hybridized carbons (Fsp3) is 0.588. The highest BCUT2D eigenvalue weighted by Crippen LogP contribution is 2.48. The van der Waals surface area contributed by atoms with Gasteiger partial charge in [0.05, 0.1) is 24.5 Å².